The average molecular weight is 1180 g/mol. The van der Waals surface area contributed by atoms with E-state index in [1.54, 1.807) is 18.2 Å². The van der Waals surface area contributed by atoms with Crippen LogP contribution in [-0.4, -0.2) is 75.5 Å². The van der Waals surface area contributed by atoms with E-state index in [1.807, 2.05) is 103 Å². The first-order valence-electron chi connectivity index (χ1n) is 24.9. The monoisotopic (exact) mass is 1180 g/mol. The van der Waals surface area contributed by atoms with E-state index in [-0.39, 0.29) is 40.4 Å². The van der Waals surface area contributed by atoms with E-state index in [9.17, 15) is 61.5 Å². The van der Waals surface area contributed by atoms with Crippen LogP contribution >= 0.6 is 0 Å². The Balaban J connectivity index is 0.000000128. The topological polar surface area (TPSA) is 139 Å². The molecular weight excluding hydrogens is 1120 g/mol. The van der Waals surface area contributed by atoms with Crippen molar-refractivity contribution in [3.63, 3.8) is 0 Å². The minimum Gasteiger partial charge on any atom is -0.455 e. The van der Waals surface area contributed by atoms with Gasteiger partial charge in [-0.25, -0.2) is 14.0 Å². The normalized spacial score (nSPS) is 26.3. The highest BCUT2D eigenvalue weighted by Gasteiger charge is 2.67. The molecule has 6 aliphatic rings. The highest BCUT2D eigenvalue weighted by atomic mass is 32.2. The van der Waals surface area contributed by atoms with Crippen molar-refractivity contribution in [2.75, 3.05) is 0 Å². The fourth-order valence-electron chi connectivity index (χ4n) is 11.0. The second-order valence-electron chi connectivity index (χ2n) is 19.8. The van der Waals surface area contributed by atoms with E-state index in [0.717, 1.165) is 20.8 Å². The van der Waals surface area contributed by atoms with Gasteiger partial charge in [-0.2, -0.15) is 47.6 Å². The van der Waals surface area contributed by atoms with Crippen LogP contribution < -0.4 is 0 Å². The Morgan fingerprint density at radius 2 is 0.797 bits per heavy atom. The molecule has 10 atom stereocenters. The number of fused-ring (bicyclic) bond motifs is 2. The van der Waals surface area contributed by atoms with Crippen molar-refractivity contribution in [2.24, 2.45) is 23.7 Å². The van der Waals surface area contributed by atoms with Gasteiger partial charge in [0.15, 0.2) is 29.4 Å². The van der Waals surface area contributed by atoms with Crippen LogP contribution in [0.15, 0.2) is 199 Å². The SMILES string of the molecule is CC(F)(F)C(=O)OC1C2CC3C1OS(=O)(=O)C3C2.CC(F)(F)C(=O)OC1C2CC3C1OS(=O)(=O)C3C2.FC(F)(F)c1cccc([S+](c2ccccc2)c2ccccc2)c1.Fc1cccc([S+](c2ccccc2)c2ccccc2)c1. The van der Waals surface area contributed by atoms with E-state index < -0.39 is 102 Å². The van der Waals surface area contributed by atoms with Gasteiger partial charge in [0.1, 0.15) is 30.2 Å². The van der Waals surface area contributed by atoms with Crippen LogP contribution in [0.4, 0.5) is 35.1 Å². The second kappa shape index (κ2) is 23.0. The van der Waals surface area contributed by atoms with Crippen molar-refractivity contribution in [3.05, 3.63) is 181 Å². The van der Waals surface area contributed by atoms with Crippen molar-refractivity contribution < 1.29 is 79.4 Å². The molecule has 79 heavy (non-hydrogen) atoms. The molecule has 2 aliphatic heterocycles. The molecule has 418 valence electrons. The minimum atomic E-state index is -4.33. The minimum absolute atomic E-state index is 0.187. The summed E-state index contributed by atoms with van der Waals surface area (Å²) in [5.74, 6) is -11.4. The second-order valence-corrected chi connectivity index (χ2v) is 27.5. The van der Waals surface area contributed by atoms with Gasteiger partial charge in [-0.15, -0.1) is 0 Å². The third-order valence-electron chi connectivity index (χ3n) is 14.4. The van der Waals surface area contributed by atoms with Crippen LogP contribution in [0.2, 0.25) is 0 Å². The Kier molecular flexibility index (Phi) is 16.8. The molecule has 0 spiro atoms. The number of benzene rings is 6. The third kappa shape index (κ3) is 12.9. The summed E-state index contributed by atoms with van der Waals surface area (Å²) in [5, 5.41) is -1.10. The van der Waals surface area contributed by atoms with Gasteiger partial charge < -0.3 is 9.47 Å². The van der Waals surface area contributed by atoms with Crippen LogP contribution in [0.3, 0.4) is 0 Å². The number of carbonyl (C=O) groups is 2. The number of hydrogen-bond donors (Lipinski definition) is 0. The molecular formula is C57H52F8O10S4+2. The average Bonchev–Trinajstić information content (AvgIpc) is 4.45. The largest absolute Gasteiger partial charge is 0.455 e. The first-order valence-corrected chi connectivity index (χ1v) is 30.3. The summed E-state index contributed by atoms with van der Waals surface area (Å²) in [5.41, 5.74) is -0.612. The van der Waals surface area contributed by atoms with Crippen LogP contribution in [0.5, 0.6) is 0 Å². The van der Waals surface area contributed by atoms with Crippen molar-refractivity contribution in [2.45, 2.75) is 122 Å². The lowest BCUT2D eigenvalue weighted by Gasteiger charge is -2.25. The highest BCUT2D eigenvalue weighted by Crippen LogP contribution is 2.57. The fraction of sp³-hybridized carbons (Fsp3) is 0.333. The Morgan fingerprint density at radius 1 is 0.468 bits per heavy atom. The predicted molar refractivity (Wildman–Crippen MR) is 277 cm³/mol. The molecule has 22 heteroatoms. The predicted octanol–water partition coefficient (Wildman–Crippen LogP) is 12.1. The summed E-state index contributed by atoms with van der Waals surface area (Å²) in [6.45, 7) is 0.912. The summed E-state index contributed by atoms with van der Waals surface area (Å²) in [7, 11) is -8.05. The molecule has 10 nitrogen and oxygen atoms in total. The van der Waals surface area contributed by atoms with Gasteiger partial charge in [-0.1, -0.05) is 84.9 Å². The van der Waals surface area contributed by atoms with Gasteiger partial charge in [-0.05, 0) is 98.5 Å². The van der Waals surface area contributed by atoms with Crippen LogP contribution in [0, 0.1) is 29.5 Å². The maximum atomic E-state index is 13.6. The third-order valence-corrected chi connectivity index (χ3v) is 22.3. The number of carbonyl (C=O) groups excluding carboxylic acids is 2. The van der Waals surface area contributed by atoms with E-state index in [4.69, 9.17) is 17.8 Å². The summed E-state index contributed by atoms with van der Waals surface area (Å²) < 4.78 is 169. The van der Waals surface area contributed by atoms with Gasteiger partial charge in [0.25, 0.3) is 20.2 Å². The van der Waals surface area contributed by atoms with Gasteiger partial charge in [0, 0.05) is 49.7 Å². The number of hydrogen-bond acceptors (Lipinski definition) is 10. The summed E-state index contributed by atoms with van der Waals surface area (Å²) in [6.07, 6.45) is -5.83. The first-order chi connectivity index (χ1) is 37.3. The number of halogens is 8. The molecule has 2 heterocycles. The van der Waals surface area contributed by atoms with Gasteiger partial charge >= 0.3 is 30.0 Å². The zero-order valence-corrected chi connectivity index (χ0v) is 45.3. The fourth-order valence-corrected chi connectivity index (χ4v) is 19.0. The molecule has 4 bridgehead atoms. The molecule has 6 fully saturated rings. The van der Waals surface area contributed by atoms with Crippen LogP contribution in [0.25, 0.3) is 0 Å². The molecule has 0 N–H and O–H groups in total. The molecule has 6 aromatic rings. The van der Waals surface area contributed by atoms with Crippen molar-refractivity contribution >= 4 is 54.0 Å². The van der Waals surface area contributed by atoms with E-state index in [0.29, 0.717) is 44.4 Å². The Labute approximate surface area is 457 Å². The van der Waals surface area contributed by atoms with E-state index in [1.165, 1.54) is 28.0 Å². The van der Waals surface area contributed by atoms with Gasteiger partial charge in [-0.3, -0.25) is 8.37 Å². The molecule has 6 aromatic carbocycles. The molecule has 0 aromatic heterocycles. The molecule has 2 saturated heterocycles. The van der Waals surface area contributed by atoms with E-state index >= 15 is 0 Å². The summed E-state index contributed by atoms with van der Waals surface area (Å²) in [6, 6.07) is 52.2. The van der Waals surface area contributed by atoms with Crippen LogP contribution in [-0.2, 0) is 75.6 Å². The quantitative estimate of drug-likeness (QED) is 0.0564. The number of alkyl halides is 7. The molecule has 12 rings (SSSR count). The van der Waals surface area contributed by atoms with Gasteiger partial charge in [0.05, 0.1) is 37.9 Å². The van der Waals surface area contributed by atoms with Crippen molar-refractivity contribution in [1.82, 2.24) is 0 Å². The zero-order valence-electron chi connectivity index (χ0n) is 42.0. The first kappa shape index (κ1) is 57.9. The highest BCUT2D eigenvalue weighted by molar-refractivity contribution is 7.97. The van der Waals surface area contributed by atoms with Crippen LogP contribution in [0.1, 0.15) is 45.1 Å². The van der Waals surface area contributed by atoms with Crippen molar-refractivity contribution in [3.8, 4) is 0 Å². The number of ether oxygens (including phenoxy) is 2. The van der Waals surface area contributed by atoms with E-state index in [2.05, 4.69) is 24.3 Å². The maximum absolute atomic E-state index is 13.6. The maximum Gasteiger partial charge on any atom is 0.416 e. The number of esters is 2. The standard InChI is InChI=1S/C19H14F3S.C18H14FS.2C10H12F2O5S/c20-19(21,22)15-8-7-13-18(14-15)23(16-9-3-1-4-10-16)17-11-5-2-6-12-17;19-15-8-7-13-18(14-15)20(16-9-3-1-4-10-16)17-11-5-2-6-12-17;2*1-10(11,12)9(13)16-7-4-2-5-6(3-4)18(14,15)17-8(5)7/h1-14H;1-14H;2*4-8H,2-3H2,1H3/q2*+1;;. The van der Waals surface area contributed by atoms with Gasteiger partial charge in [0.2, 0.25) is 0 Å². The lowest BCUT2D eigenvalue weighted by atomic mass is 9.94. The summed E-state index contributed by atoms with van der Waals surface area (Å²) >= 11 is 0. The molecule has 4 saturated carbocycles. The number of rotatable bonds is 10. The Hall–Kier alpha value is -5.78. The molecule has 10 unspecified atom stereocenters. The van der Waals surface area contributed by atoms with Crippen molar-refractivity contribution in [1.29, 1.82) is 0 Å². The molecule has 4 aliphatic carbocycles. The zero-order chi connectivity index (χ0) is 56.7. The lowest BCUT2D eigenvalue weighted by molar-refractivity contribution is -0.181. The lowest BCUT2D eigenvalue weighted by Crippen LogP contribution is -2.40. The smallest absolute Gasteiger partial charge is 0.416 e. The summed E-state index contributed by atoms with van der Waals surface area (Å²) in [4.78, 5) is 28.4. The Bertz CT molecular complexity index is 3160. The molecule has 0 radical (unpaired) electrons. The molecule has 0 amide bonds. The Morgan fingerprint density at radius 3 is 1.13 bits per heavy atom.